The molecule has 1 atom stereocenters. The normalized spacial score (nSPS) is 16.0. The number of ether oxygens (including phenoxy) is 1. The number of amides is 1. The Balaban J connectivity index is 1.63. The Labute approximate surface area is 189 Å². The lowest BCUT2D eigenvalue weighted by molar-refractivity contribution is -0.385. The first-order chi connectivity index (χ1) is 14.6. The zero-order valence-corrected chi connectivity index (χ0v) is 18.7. The van der Waals surface area contributed by atoms with Crippen molar-refractivity contribution in [1.82, 2.24) is 9.21 Å². The zero-order valence-electron chi connectivity index (χ0n) is 16.4. The van der Waals surface area contributed by atoms with Crippen molar-refractivity contribution in [2.45, 2.75) is 17.9 Å². The molecule has 166 valence electrons. The number of halogens is 2. The van der Waals surface area contributed by atoms with Crippen LogP contribution in [0.3, 0.4) is 0 Å². The predicted octanol–water partition coefficient (Wildman–Crippen LogP) is 3.20. The summed E-state index contributed by atoms with van der Waals surface area (Å²) in [4.78, 5) is 24.4. The summed E-state index contributed by atoms with van der Waals surface area (Å²) in [7, 11) is -3.92. The lowest BCUT2D eigenvalue weighted by Gasteiger charge is -2.35. The summed E-state index contributed by atoms with van der Waals surface area (Å²) >= 11 is 11.9. The average molecular weight is 488 g/mol. The van der Waals surface area contributed by atoms with Crippen LogP contribution < -0.4 is 4.74 Å². The number of nitro benzene ring substituents is 1. The highest BCUT2D eigenvalue weighted by molar-refractivity contribution is 7.89. The minimum Gasteiger partial charge on any atom is -0.479 e. The Morgan fingerprint density at radius 2 is 1.81 bits per heavy atom. The van der Waals surface area contributed by atoms with Crippen molar-refractivity contribution < 1.29 is 22.9 Å². The lowest BCUT2D eigenvalue weighted by Crippen LogP contribution is -2.53. The fraction of sp³-hybridized carbons (Fsp3) is 0.316. The molecule has 1 aliphatic rings. The van der Waals surface area contributed by atoms with Gasteiger partial charge in [-0.15, -0.1) is 0 Å². The molecule has 0 spiro atoms. The minimum absolute atomic E-state index is 0.0607. The highest BCUT2D eigenvalue weighted by Crippen LogP contribution is 2.29. The molecular weight excluding hydrogens is 469 g/mol. The molecule has 1 saturated heterocycles. The maximum Gasteiger partial charge on any atom is 0.270 e. The summed E-state index contributed by atoms with van der Waals surface area (Å²) in [5.74, 6) is 0.0113. The van der Waals surface area contributed by atoms with Crippen molar-refractivity contribution in [3.8, 4) is 5.75 Å². The van der Waals surface area contributed by atoms with Crippen molar-refractivity contribution in [1.29, 1.82) is 0 Å². The van der Waals surface area contributed by atoms with Gasteiger partial charge in [-0.25, -0.2) is 8.42 Å². The van der Waals surface area contributed by atoms with Gasteiger partial charge >= 0.3 is 0 Å². The van der Waals surface area contributed by atoms with Gasteiger partial charge in [0.1, 0.15) is 5.75 Å². The summed E-state index contributed by atoms with van der Waals surface area (Å²) < 4.78 is 32.5. The zero-order chi connectivity index (χ0) is 22.8. The number of nitrogens with zero attached hydrogens (tertiary/aromatic N) is 3. The van der Waals surface area contributed by atoms with E-state index in [2.05, 4.69) is 0 Å². The fourth-order valence-corrected chi connectivity index (χ4v) is 5.04. The first-order valence-electron chi connectivity index (χ1n) is 9.24. The van der Waals surface area contributed by atoms with Gasteiger partial charge in [0.2, 0.25) is 10.0 Å². The first-order valence-corrected chi connectivity index (χ1v) is 11.4. The van der Waals surface area contributed by atoms with Crippen molar-refractivity contribution in [2.24, 2.45) is 0 Å². The Morgan fingerprint density at radius 3 is 2.42 bits per heavy atom. The molecule has 31 heavy (non-hydrogen) atoms. The third-order valence-electron chi connectivity index (χ3n) is 4.76. The van der Waals surface area contributed by atoms with Gasteiger partial charge < -0.3 is 9.64 Å². The number of non-ortho nitro benzene ring substituents is 1. The molecular formula is C19H19Cl2N3O6S. The van der Waals surface area contributed by atoms with Gasteiger partial charge in [-0.2, -0.15) is 4.31 Å². The third-order valence-corrected chi connectivity index (χ3v) is 7.19. The fourth-order valence-electron chi connectivity index (χ4n) is 3.12. The molecule has 2 aromatic rings. The Bertz CT molecular complexity index is 1100. The molecule has 0 aromatic heterocycles. The van der Waals surface area contributed by atoms with Crippen LogP contribution in [0.5, 0.6) is 5.75 Å². The van der Waals surface area contributed by atoms with Crippen molar-refractivity contribution in [3.05, 3.63) is 62.6 Å². The first kappa shape index (κ1) is 23.3. The molecule has 0 aliphatic carbocycles. The number of nitro groups is 1. The van der Waals surface area contributed by atoms with Gasteiger partial charge in [0.15, 0.2) is 6.10 Å². The van der Waals surface area contributed by atoms with Gasteiger partial charge in [0, 0.05) is 43.3 Å². The number of carbonyl (C=O) groups is 1. The largest absolute Gasteiger partial charge is 0.479 e. The van der Waals surface area contributed by atoms with Gasteiger partial charge in [-0.05, 0) is 31.2 Å². The molecule has 12 heteroatoms. The second-order valence-electron chi connectivity index (χ2n) is 6.82. The second kappa shape index (κ2) is 9.39. The topological polar surface area (TPSA) is 110 Å². The lowest BCUT2D eigenvalue weighted by atomic mass is 10.2. The maximum absolute atomic E-state index is 12.8. The molecule has 0 saturated carbocycles. The number of hydrogen-bond acceptors (Lipinski definition) is 6. The number of sulfonamides is 1. The highest BCUT2D eigenvalue weighted by atomic mass is 35.5. The quantitative estimate of drug-likeness (QED) is 0.456. The summed E-state index contributed by atoms with van der Waals surface area (Å²) in [6, 6.07) is 9.56. The average Bonchev–Trinajstić information content (AvgIpc) is 2.75. The van der Waals surface area contributed by atoms with E-state index >= 15 is 0 Å². The van der Waals surface area contributed by atoms with Crippen molar-refractivity contribution in [2.75, 3.05) is 26.2 Å². The SMILES string of the molecule is CC(Oc1ccc(Cl)cc1Cl)C(=O)N1CCN(S(=O)(=O)c2cccc([N+](=O)[O-])c2)CC1. The highest BCUT2D eigenvalue weighted by Gasteiger charge is 2.32. The van der Waals surface area contributed by atoms with Crippen LogP contribution in [0.15, 0.2) is 47.4 Å². The standard InChI is InChI=1S/C19H19Cl2N3O6S/c1-13(30-18-6-5-14(20)11-17(18)21)19(25)22-7-9-23(10-8-22)31(28,29)16-4-2-3-15(12-16)24(26)27/h2-6,11-13H,7-10H2,1H3. The summed E-state index contributed by atoms with van der Waals surface area (Å²) in [6.07, 6.45) is -0.835. The van der Waals surface area contributed by atoms with E-state index in [1.165, 1.54) is 33.5 Å². The van der Waals surface area contributed by atoms with Gasteiger partial charge in [-0.1, -0.05) is 29.3 Å². The van der Waals surface area contributed by atoms with E-state index in [9.17, 15) is 23.3 Å². The van der Waals surface area contributed by atoms with E-state index in [1.807, 2.05) is 0 Å². The number of piperazine rings is 1. The van der Waals surface area contributed by atoms with Crippen LogP contribution in [0.2, 0.25) is 10.0 Å². The second-order valence-corrected chi connectivity index (χ2v) is 9.60. The summed E-state index contributed by atoms with van der Waals surface area (Å²) in [5.41, 5.74) is -0.304. The molecule has 9 nitrogen and oxygen atoms in total. The molecule has 0 bridgehead atoms. The Kier molecular flexibility index (Phi) is 7.05. The molecule has 1 heterocycles. The van der Waals surface area contributed by atoms with Crippen LogP contribution in [0.25, 0.3) is 0 Å². The Hall–Kier alpha value is -2.40. The monoisotopic (exact) mass is 487 g/mol. The number of hydrogen-bond donors (Lipinski definition) is 0. The predicted molar refractivity (Wildman–Crippen MR) is 115 cm³/mol. The minimum atomic E-state index is -3.92. The number of benzene rings is 2. The molecule has 1 fully saturated rings. The van der Waals surface area contributed by atoms with Crippen molar-refractivity contribution >= 4 is 44.8 Å². The number of carbonyl (C=O) groups excluding carboxylic acids is 1. The molecule has 3 rings (SSSR count). The van der Waals surface area contributed by atoms with E-state index in [-0.39, 0.29) is 47.7 Å². The smallest absolute Gasteiger partial charge is 0.270 e. The van der Waals surface area contributed by atoms with Crippen LogP contribution in [0, 0.1) is 10.1 Å². The van der Waals surface area contributed by atoms with Crippen molar-refractivity contribution in [3.63, 3.8) is 0 Å². The molecule has 0 N–H and O–H groups in total. The van der Waals surface area contributed by atoms with E-state index in [1.54, 1.807) is 19.1 Å². The van der Waals surface area contributed by atoms with Gasteiger partial charge in [0.25, 0.3) is 11.6 Å². The molecule has 2 aromatic carbocycles. The van der Waals surface area contributed by atoms with Crippen LogP contribution in [-0.4, -0.2) is 60.7 Å². The summed E-state index contributed by atoms with van der Waals surface area (Å²) in [6.45, 7) is 2.03. The number of rotatable bonds is 6. The molecule has 1 amide bonds. The maximum atomic E-state index is 12.8. The van der Waals surface area contributed by atoms with Crippen LogP contribution >= 0.6 is 23.2 Å². The van der Waals surface area contributed by atoms with E-state index in [4.69, 9.17) is 27.9 Å². The molecule has 0 radical (unpaired) electrons. The van der Waals surface area contributed by atoms with Crippen LogP contribution in [0.4, 0.5) is 5.69 Å². The van der Waals surface area contributed by atoms with E-state index in [0.717, 1.165) is 6.07 Å². The van der Waals surface area contributed by atoms with E-state index < -0.39 is 21.1 Å². The third kappa shape index (κ3) is 5.27. The molecule has 1 aliphatic heterocycles. The molecule has 1 unspecified atom stereocenters. The van der Waals surface area contributed by atoms with E-state index in [0.29, 0.717) is 10.8 Å². The summed E-state index contributed by atoms with van der Waals surface area (Å²) in [5, 5.41) is 11.7. The van der Waals surface area contributed by atoms with Crippen LogP contribution in [-0.2, 0) is 14.8 Å². The van der Waals surface area contributed by atoms with Crippen LogP contribution in [0.1, 0.15) is 6.92 Å². The van der Waals surface area contributed by atoms with Gasteiger partial charge in [0.05, 0.1) is 14.8 Å². The Morgan fingerprint density at radius 1 is 1.13 bits per heavy atom. The van der Waals surface area contributed by atoms with Gasteiger partial charge in [-0.3, -0.25) is 14.9 Å².